The predicted molar refractivity (Wildman–Crippen MR) is 59.6 cm³/mol. The Labute approximate surface area is 90.9 Å². The van der Waals surface area contributed by atoms with Crippen molar-refractivity contribution in [2.45, 2.75) is 0 Å². The van der Waals surface area contributed by atoms with Crippen LogP contribution in [-0.4, -0.2) is 25.0 Å². The average molecular weight is 222 g/mol. The van der Waals surface area contributed by atoms with Crippen LogP contribution in [0.25, 0.3) is 10.1 Å². The molecule has 2 rings (SSSR count). The maximum Gasteiger partial charge on any atom is 0.257 e. The number of hydrogen-bond acceptors (Lipinski definition) is 4. The van der Waals surface area contributed by atoms with Gasteiger partial charge in [0.05, 0.1) is 11.8 Å². The monoisotopic (exact) mass is 222 g/mol. The molecule has 78 valence electrons. The molecule has 2 aromatic rings. The minimum atomic E-state index is -0.177. The van der Waals surface area contributed by atoms with Gasteiger partial charge in [0.15, 0.2) is 0 Å². The van der Waals surface area contributed by atoms with Crippen LogP contribution in [-0.2, 0) is 0 Å². The standard InChI is InChI=1S/C10H10N2O2S/c1-11-9(13)8-6-3-4-15-7(6)5-12-10(8)14-2/h3-5H,1-2H3,(H,11,13). The summed E-state index contributed by atoms with van der Waals surface area (Å²) in [7, 11) is 3.10. The summed E-state index contributed by atoms with van der Waals surface area (Å²) in [6.07, 6.45) is 1.71. The van der Waals surface area contributed by atoms with Crippen LogP contribution < -0.4 is 10.1 Å². The predicted octanol–water partition coefficient (Wildman–Crippen LogP) is 1.66. The highest BCUT2D eigenvalue weighted by Gasteiger charge is 2.16. The summed E-state index contributed by atoms with van der Waals surface area (Å²) in [6.45, 7) is 0. The van der Waals surface area contributed by atoms with Gasteiger partial charge in [-0.05, 0) is 11.4 Å². The molecule has 2 aromatic heterocycles. The second-order valence-corrected chi connectivity index (χ2v) is 3.87. The van der Waals surface area contributed by atoms with Crippen LogP contribution in [0.5, 0.6) is 5.88 Å². The zero-order valence-corrected chi connectivity index (χ0v) is 9.22. The first-order chi connectivity index (χ1) is 7.27. The molecule has 0 radical (unpaired) electrons. The van der Waals surface area contributed by atoms with Crippen molar-refractivity contribution in [3.8, 4) is 5.88 Å². The largest absolute Gasteiger partial charge is 0.480 e. The molecule has 0 bridgehead atoms. The van der Waals surface area contributed by atoms with Crippen molar-refractivity contribution >= 4 is 27.3 Å². The fourth-order valence-electron chi connectivity index (χ4n) is 1.42. The van der Waals surface area contributed by atoms with Crippen LogP contribution in [0.3, 0.4) is 0 Å². The zero-order valence-electron chi connectivity index (χ0n) is 8.40. The lowest BCUT2D eigenvalue weighted by Crippen LogP contribution is -2.19. The Morgan fingerprint density at radius 2 is 2.40 bits per heavy atom. The summed E-state index contributed by atoms with van der Waals surface area (Å²) >= 11 is 1.55. The van der Waals surface area contributed by atoms with Crippen LogP contribution in [0, 0.1) is 0 Å². The van der Waals surface area contributed by atoms with E-state index in [4.69, 9.17) is 4.74 Å². The number of ether oxygens (including phenoxy) is 1. The zero-order chi connectivity index (χ0) is 10.8. The number of methoxy groups -OCH3 is 1. The molecule has 1 N–H and O–H groups in total. The first-order valence-corrected chi connectivity index (χ1v) is 5.28. The van der Waals surface area contributed by atoms with Crippen LogP contribution in [0.2, 0.25) is 0 Å². The molecule has 15 heavy (non-hydrogen) atoms. The first kappa shape index (κ1) is 9.92. The van der Waals surface area contributed by atoms with Crippen LogP contribution >= 0.6 is 11.3 Å². The Hall–Kier alpha value is -1.62. The summed E-state index contributed by atoms with van der Waals surface area (Å²) in [6, 6.07) is 1.90. The van der Waals surface area contributed by atoms with Crippen molar-refractivity contribution in [1.29, 1.82) is 0 Å². The summed E-state index contributed by atoms with van der Waals surface area (Å²) in [4.78, 5) is 15.8. The fraction of sp³-hybridized carbons (Fsp3) is 0.200. The van der Waals surface area contributed by atoms with Gasteiger partial charge in [-0.2, -0.15) is 0 Å². The van der Waals surface area contributed by atoms with E-state index in [0.29, 0.717) is 11.4 Å². The molecule has 0 unspecified atom stereocenters. The third-order valence-electron chi connectivity index (χ3n) is 2.12. The third kappa shape index (κ3) is 1.55. The first-order valence-electron chi connectivity index (χ1n) is 4.40. The van der Waals surface area contributed by atoms with E-state index in [-0.39, 0.29) is 5.91 Å². The number of fused-ring (bicyclic) bond motifs is 1. The maximum atomic E-state index is 11.7. The number of amides is 1. The van der Waals surface area contributed by atoms with Crippen molar-refractivity contribution in [1.82, 2.24) is 10.3 Å². The quantitative estimate of drug-likeness (QED) is 0.840. The number of nitrogens with one attached hydrogen (secondary N) is 1. The van der Waals surface area contributed by atoms with Crippen molar-refractivity contribution in [2.24, 2.45) is 0 Å². The Kier molecular flexibility index (Phi) is 2.55. The number of carbonyl (C=O) groups excluding carboxylic acids is 1. The van der Waals surface area contributed by atoms with Crippen molar-refractivity contribution in [2.75, 3.05) is 14.2 Å². The van der Waals surface area contributed by atoms with Gasteiger partial charge < -0.3 is 10.1 Å². The molecule has 0 aromatic carbocycles. The minimum absolute atomic E-state index is 0.177. The van der Waals surface area contributed by atoms with Crippen LogP contribution in [0.1, 0.15) is 10.4 Å². The molecular formula is C10H10N2O2S. The minimum Gasteiger partial charge on any atom is -0.480 e. The Balaban J connectivity index is 2.74. The molecule has 0 atom stereocenters. The highest BCUT2D eigenvalue weighted by atomic mass is 32.1. The molecule has 5 heteroatoms. The Bertz CT molecular complexity index is 507. The number of nitrogens with zero attached hydrogens (tertiary/aromatic N) is 1. The number of rotatable bonds is 2. The van der Waals surface area contributed by atoms with Crippen LogP contribution in [0.15, 0.2) is 17.6 Å². The molecule has 4 nitrogen and oxygen atoms in total. The van der Waals surface area contributed by atoms with E-state index in [1.54, 1.807) is 24.6 Å². The summed E-state index contributed by atoms with van der Waals surface area (Å²) in [5, 5.41) is 5.39. The summed E-state index contributed by atoms with van der Waals surface area (Å²) in [5.41, 5.74) is 0.499. The molecular weight excluding hydrogens is 212 g/mol. The third-order valence-corrected chi connectivity index (χ3v) is 2.98. The Morgan fingerprint density at radius 3 is 3.07 bits per heavy atom. The van der Waals surface area contributed by atoms with Gasteiger partial charge in [-0.1, -0.05) is 0 Å². The van der Waals surface area contributed by atoms with E-state index in [1.165, 1.54) is 7.11 Å². The van der Waals surface area contributed by atoms with Gasteiger partial charge in [-0.15, -0.1) is 11.3 Å². The van der Waals surface area contributed by atoms with E-state index in [1.807, 2.05) is 11.4 Å². The van der Waals surface area contributed by atoms with Crippen LogP contribution in [0.4, 0.5) is 0 Å². The van der Waals surface area contributed by atoms with Gasteiger partial charge in [-0.3, -0.25) is 4.79 Å². The topological polar surface area (TPSA) is 51.2 Å². The van der Waals surface area contributed by atoms with Gasteiger partial charge in [0.2, 0.25) is 5.88 Å². The lowest BCUT2D eigenvalue weighted by Gasteiger charge is -2.06. The highest BCUT2D eigenvalue weighted by Crippen LogP contribution is 2.28. The van der Waals surface area contributed by atoms with E-state index in [9.17, 15) is 4.79 Å². The molecule has 0 aliphatic rings. The maximum absolute atomic E-state index is 11.7. The van der Waals surface area contributed by atoms with Gasteiger partial charge in [0.1, 0.15) is 5.56 Å². The molecule has 1 amide bonds. The lowest BCUT2D eigenvalue weighted by atomic mass is 10.1. The normalized spacial score (nSPS) is 10.3. The smallest absolute Gasteiger partial charge is 0.257 e. The van der Waals surface area contributed by atoms with Gasteiger partial charge in [-0.25, -0.2) is 4.98 Å². The van der Waals surface area contributed by atoms with Crippen molar-refractivity contribution in [3.63, 3.8) is 0 Å². The molecule has 0 aliphatic carbocycles. The number of thiophene rings is 1. The second-order valence-electron chi connectivity index (χ2n) is 2.92. The van der Waals surface area contributed by atoms with E-state index < -0.39 is 0 Å². The van der Waals surface area contributed by atoms with E-state index in [0.717, 1.165) is 10.1 Å². The number of hydrogen-bond donors (Lipinski definition) is 1. The van der Waals surface area contributed by atoms with Crippen molar-refractivity contribution in [3.05, 3.63) is 23.2 Å². The van der Waals surface area contributed by atoms with E-state index in [2.05, 4.69) is 10.3 Å². The van der Waals surface area contributed by atoms with Gasteiger partial charge in [0.25, 0.3) is 5.91 Å². The molecule has 0 saturated carbocycles. The molecule has 0 saturated heterocycles. The summed E-state index contributed by atoms with van der Waals surface area (Å²) in [5.74, 6) is 0.184. The average Bonchev–Trinajstić information content (AvgIpc) is 2.74. The van der Waals surface area contributed by atoms with E-state index >= 15 is 0 Å². The van der Waals surface area contributed by atoms with Gasteiger partial charge in [0, 0.05) is 18.6 Å². The molecule has 2 heterocycles. The highest BCUT2D eigenvalue weighted by molar-refractivity contribution is 7.17. The lowest BCUT2D eigenvalue weighted by molar-refractivity contribution is 0.0961. The fourth-order valence-corrected chi connectivity index (χ4v) is 2.19. The molecule has 0 fully saturated rings. The number of carbonyl (C=O) groups is 1. The SMILES string of the molecule is CNC(=O)c1c(OC)ncc2sccc12. The molecule has 0 aliphatic heterocycles. The number of aromatic nitrogens is 1. The molecule has 0 spiro atoms. The number of pyridine rings is 1. The Morgan fingerprint density at radius 1 is 1.60 bits per heavy atom. The second kappa shape index (κ2) is 3.86. The van der Waals surface area contributed by atoms with Gasteiger partial charge >= 0.3 is 0 Å². The van der Waals surface area contributed by atoms with Crippen molar-refractivity contribution < 1.29 is 9.53 Å². The summed E-state index contributed by atoms with van der Waals surface area (Å²) < 4.78 is 6.06.